The van der Waals surface area contributed by atoms with E-state index in [-0.39, 0.29) is 39.6 Å². The second-order valence-corrected chi connectivity index (χ2v) is 4.29. The highest BCUT2D eigenvalue weighted by Gasteiger charge is 2.40. The van der Waals surface area contributed by atoms with E-state index in [1.807, 2.05) is 0 Å². The molecule has 0 aromatic carbocycles. The molecule has 0 aromatic heterocycles. The van der Waals surface area contributed by atoms with Gasteiger partial charge in [0, 0.05) is 0 Å². The number of alkyl halides is 4. The van der Waals surface area contributed by atoms with Crippen LogP contribution in [0.1, 0.15) is 0 Å². The van der Waals surface area contributed by atoms with Gasteiger partial charge in [0.05, 0.1) is 66.1 Å². The monoisotopic (exact) mass is 352 g/mol. The van der Waals surface area contributed by atoms with Crippen molar-refractivity contribution in [1.82, 2.24) is 0 Å². The Morgan fingerprint density at radius 2 is 1.00 bits per heavy atom. The molecule has 0 saturated carbocycles. The summed E-state index contributed by atoms with van der Waals surface area (Å²) < 4.78 is 73.2. The molecule has 0 unspecified atom stereocenters. The third kappa shape index (κ3) is 14.8. The Kier molecular flexibility index (Phi) is 14.7. The molecule has 0 atom stereocenters. The molecular weight excluding hydrogens is 328 g/mol. The van der Waals surface area contributed by atoms with Gasteiger partial charge in [-0.15, -0.1) is 0 Å². The molecule has 140 valence electrons. The van der Waals surface area contributed by atoms with Crippen LogP contribution in [0.5, 0.6) is 0 Å². The summed E-state index contributed by atoms with van der Waals surface area (Å²) in [5, 5.41) is 8.45. The summed E-state index contributed by atoms with van der Waals surface area (Å²) in [4.78, 5) is 0. The van der Waals surface area contributed by atoms with E-state index in [2.05, 4.69) is 4.74 Å². The molecule has 6 nitrogen and oxygen atoms in total. The number of hydrogen-bond donors (Lipinski definition) is 1. The van der Waals surface area contributed by atoms with Crippen molar-refractivity contribution in [3.63, 3.8) is 0 Å². The number of aliphatic hydroxyl groups is 1. The van der Waals surface area contributed by atoms with Crippen molar-refractivity contribution in [2.24, 2.45) is 0 Å². The van der Waals surface area contributed by atoms with E-state index in [4.69, 9.17) is 24.1 Å². The molecule has 0 rings (SSSR count). The summed E-state index contributed by atoms with van der Waals surface area (Å²) in [6, 6.07) is 0. The molecule has 0 fully saturated rings. The van der Waals surface area contributed by atoms with Crippen LogP contribution in [0.15, 0.2) is 0 Å². The molecule has 0 heterocycles. The van der Waals surface area contributed by atoms with Gasteiger partial charge in [-0.25, -0.2) is 8.78 Å². The van der Waals surface area contributed by atoms with Gasteiger partial charge in [-0.3, -0.25) is 0 Å². The van der Waals surface area contributed by atoms with Crippen LogP contribution in [-0.4, -0.2) is 90.1 Å². The molecule has 0 aliphatic heterocycles. The molecular formula is C13H24F4O6. The number of aliphatic hydroxyl groups excluding tert-OH is 1. The first-order valence-electron chi connectivity index (χ1n) is 7.16. The minimum Gasteiger partial charge on any atom is -0.394 e. The predicted octanol–water partition coefficient (Wildman–Crippen LogP) is 0.962. The highest BCUT2D eigenvalue weighted by atomic mass is 19.3. The lowest BCUT2D eigenvalue weighted by atomic mass is 10.4. The molecule has 0 aliphatic carbocycles. The smallest absolute Gasteiger partial charge is 0.330 e. The van der Waals surface area contributed by atoms with E-state index in [0.29, 0.717) is 26.4 Å². The summed E-state index contributed by atoms with van der Waals surface area (Å²) >= 11 is 0. The molecule has 0 aliphatic rings. The zero-order chi connectivity index (χ0) is 17.4. The fourth-order valence-corrected chi connectivity index (χ4v) is 1.22. The van der Waals surface area contributed by atoms with Gasteiger partial charge < -0.3 is 28.8 Å². The third-order valence-electron chi connectivity index (χ3n) is 2.34. The minimum absolute atomic E-state index is 0.0153. The SMILES string of the molecule is OCCOCCOCCOCCOCCOCC(F)(F)C(F)F. The number of rotatable bonds is 17. The van der Waals surface area contributed by atoms with Crippen LogP contribution < -0.4 is 0 Å². The quantitative estimate of drug-likeness (QED) is 0.311. The Balaban J connectivity index is 3.14. The third-order valence-corrected chi connectivity index (χ3v) is 2.34. The van der Waals surface area contributed by atoms with Crippen molar-refractivity contribution in [3.8, 4) is 0 Å². The maximum absolute atomic E-state index is 12.4. The lowest BCUT2D eigenvalue weighted by Gasteiger charge is -2.15. The first-order chi connectivity index (χ1) is 11.0. The molecule has 0 aromatic rings. The predicted molar refractivity (Wildman–Crippen MR) is 72.1 cm³/mol. The Morgan fingerprint density at radius 3 is 1.35 bits per heavy atom. The number of halogens is 4. The van der Waals surface area contributed by atoms with E-state index in [1.54, 1.807) is 0 Å². The van der Waals surface area contributed by atoms with Gasteiger partial charge in [0.25, 0.3) is 0 Å². The average molecular weight is 352 g/mol. The molecule has 0 saturated heterocycles. The van der Waals surface area contributed by atoms with Gasteiger partial charge in [-0.05, 0) is 0 Å². The Bertz CT molecular complexity index is 259. The largest absolute Gasteiger partial charge is 0.394 e. The fourth-order valence-electron chi connectivity index (χ4n) is 1.22. The summed E-state index contributed by atoms with van der Waals surface area (Å²) in [6.07, 6.45) is -3.74. The summed E-state index contributed by atoms with van der Waals surface area (Å²) in [5.41, 5.74) is 0. The van der Waals surface area contributed by atoms with Crippen LogP contribution in [0.4, 0.5) is 17.6 Å². The van der Waals surface area contributed by atoms with Gasteiger partial charge in [-0.2, -0.15) is 8.78 Å². The zero-order valence-electron chi connectivity index (χ0n) is 12.9. The zero-order valence-corrected chi connectivity index (χ0v) is 12.9. The van der Waals surface area contributed by atoms with E-state index in [1.165, 1.54) is 0 Å². The normalized spacial score (nSPS) is 12.3. The van der Waals surface area contributed by atoms with E-state index in [0.717, 1.165) is 0 Å². The maximum Gasteiger partial charge on any atom is 0.330 e. The second-order valence-electron chi connectivity index (χ2n) is 4.29. The van der Waals surface area contributed by atoms with E-state index in [9.17, 15) is 17.6 Å². The highest BCUT2D eigenvalue weighted by Crippen LogP contribution is 2.22. The van der Waals surface area contributed by atoms with Crippen molar-refractivity contribution in [2.75, 3.05) is 72.7 Å². The fraction of sp³-hybridized carbons (Fsp3) is 1.00. The van der Waals surface area contributed by atoms with Crippen LogP contribution >= 0.6 is 0 Å². The van der Waals surface area contributed by atoms with E-state index < -0.39 is 19.0 Å². The Morgan fingerprint density at radius 1 is 0.652 bits per heavy atom. The standard InChI is InChI=1S/C13H24F4O6/c14-12(15)13(16,17)11-23-10-9-22-8-7-21-6-5-20-4-3-19-2-1-18/h12,18H,1-11H2. The van der Waals surface area contributed by atoms with Crippen LogP contribution in [-0.2, 0) is 23.7 Å². The Hall–Kier alpha value is -0.520. The van der Waals surface area contributed by atoms with Crippen LogP contribution in [0.2, 0.25) is 0 Å². The molecule has 1 N–H and O–H groups in total. The van der Waals surface area contributed by atoms with Gasteiger partial charge in [0.2, 0.25) is 0 Å². The van der Waals surface area contributed by atoms with Crippen molar-refractivity contribution in [2.45, 2.75) is 12.3 Å². The van der Waals surface area contributed by atoms with Crippen LogP contribution in [0.3, 0.4) is 0 Å². The van der Waals surface area contributed by atoms with Gasteiger partial charge in [-0.1, -0.05) is 0 Å². The number of hydrogen-bond acceptors (Lipinski definition) is 6. The molecule has 0 radical (unpaired) electrons. The van der Waals surface area contributed by atoms with Crippen molar-refractivity contribution in [1.29, 1.82) is 0 Å². The molecule has 0 spiro atoms. The summed E-state index contributed by atoms with van der Waals surface area (Å²) in [7, 11) is 0. The van der Waals surface area contributed by atoms with Gasteiger partial charge in [0.1, 0.15) is 6.61 Å². The van der Waals surface area contributed by atoms with Gasteiger partial charge in [0.15, 0.2) is 0 Å². The van der Waals surface area contributed by atoms with Crippen molar-refractivity contribution in [3.05, 3.63) is 0 Å². The van der Waals surface area contributed by atoms with Gasteiger partial charge >= 0.3 is 12.3 Å². The minimum atomic E-state index is -4.13. The van der Waals surface area contributed by atoms with Crippen LogP contribution in [0.25, 0.3) is 0 Å². The number of ether oxygens (including phenoxy) is 5. The molecule has 10 heteroatoms. The average Bonchev–Trinajstić information content (AvgIpc) is 2.51. The van der Waals surface area contributed by atoms with Crippen molar-refractivity contribution >= 4 is 0 Å². The highest BCUT2D eigenvalue weighted by molar-refractivity contribution is 4.67. The second kappa shape index (κ2) is 15.0. The first kappa shape index (κ1) is 22.5. The Labute approximate surface area is 132 Å². The van der Waals surface area contributed by atoms with Crippen molar-refractivity contribution < 1.29 is 46.4 Å². The summed E-state index contributed by atoms with van der Waals surface area (Å²) in [6.45, 7) is 0.809. The lowest BCUT2D eigenvalue weighted by molar-refractivity contribution is -0.168. The summed E-state index contributed by atoms with van der Waals surface area (Å²) in [5.74, 6) is -4.13. The topological polar surface area (TPSA) is 66.4 Å². The maximum atomic E-state index is 12.4. The molecule has 0 amide bonds. The lowest BCUT2D eigenvalue weighted by Crippen LogP contribution is -2.32. The molecule has 0 bridgehead atoms. The molecule has 23 heavy (non-hydrogen) atoms. The van der Waals surface area contributed by atoms with E-state index >= 15 is 0 Å². The van der Waals surface area contributed by atoms with Crippen LogP contribution in [0, 0.1) is 0 Å². The first-order valence-corrected chi connectivity index (χ1v) is 7.16.